The van der Waals surface area contributed by atoms with Crippen LogP contribution >= 0.6 is 27.5 Å². The lowest BCUT2D eigenvalue weighted by Gasteiger charge is -2.15. The van der Waals surface area contributed by atoms with E-state index in [0.717, 1.165) is 44.1 Å². The normalized spacial score (nSPS) is 11.2. The smallest absolute Gasteiger partial charge is 0.172 e. The topological polar surface area (TPSA) is 42.4 Å². The van der Waals surface area contributed by atoms with Crippen molar-refractivity contribution in [2.75, 3.05) is 6.61 Å². The van der Waals surface area contributed by atoms with Gasteiger partial charge in [-0.15, -0.1) is 0 Å². The highest BCUT2D eigenvalue weighted by atomic mass is 79.9. The van der Waals surface area contributed by atoms with E-state index in [0.29, 0.717) is 21.9 Å². The number of pyridine rings is 1. The summed E-state index contributed by atoms with van der Waals surface area (Å²) in [6.45, 7) is 2.35. The summed E-state index contributed by atoms with van der Waals surface area (Å²) in [7, 11) is 0. The van der Waals surface area contributed by atoms with Crippen molar-refractivity contribution < 1.29 is 9.84 Å². The average Bonchev–Trinajstić information content (AvgIpc) is 2.81. The minimum absolute atomic E-state index is 0.0942. The van der Waals surface area contributed by atoms with Crippen molar-refractivity contribution in [1.82, 2.24) is 4.98 Å². The van der Waals surface area contributed by atoms with E-state index in [-0.39, 0.29) is 5.75 Å². The molecule has 0 radical (unpaired) electrons. The molecule has 3 nitrogen and oxygen atoms in total. The standard InChI is InChI=1S/C27H19BrClNO2/c1-2-32-25-14-18(13-22(28)27(25)31)21-15-24(17-7-10-19(29)11-8-17)30-23-12-9-16-5-3-4-6-20(16)26(21)23/h3-15,31H,2H2,1H3. The summed E-state index contributed by atoms with van der Waals surface area (Å²) in [6, 6.07) is 26.0. The predicted molar refractivity (Wildman–Crippen MR) is 136 cm³/mol. The summed E-state index contributed by atoms with van der Waals surface area (Å²) in [5, 5.41) is 14.5. The molecule has 0 saturated carbocycles. The lowest BCUT2D eigenvalue weighted by molar-refractivity contribution is 0.317. The number of aromatic nitrogens is 1. The number of halogens is 2. The average molecular weight is 505 g/mol. The van der Waals surface area contributed by atoms with Crippen LogP contribution in [0.3, 0.4) is 0 Å². The molecule has 0 fully saturated rings. The maximum absolute atomic E-state index is 10.4. The Morgan fingerprint density at radius 2 is 1.72 bits per heavy atom. The van der Waals surface area contributed by atoms with Crippen molar-refractivity contribution in [3.05, 3.63) is 88.4 Å². The third-order valence-corrected chi connectivity index (χ3v) is 6.33. The molecule has 0 atom stereocenters. The summed E-state index contributed by atoms with van der Waals surface area (Å²) < 4.78 is 6.28. The maximum atomic E-state index is 10.4. The van der Waals surface area contributed by atoms with Gasteiger partial charge in [0.1, 0.15) is 0 Å². The first kappa shape index (κ1) is 20.8. The third kappa shape index (κ3) is 3.70. The largest absolute Gasteiger partial charge is 0.503 e. The molecule has 5 rings (SSSR count). The van der Waals surface area contributed by atoms with Gasteiger partial charge in [-0.05, 0) is 81.2 Å². The predicted octanol–water partition coefficient (Wildman–Crippen LogP) is 8.24. The van der Waals surface area contributed by atoms with E-state index in [2.05, 4.69) is 46.3 Å². The van der Waals surface area contributed by atoms with Gasteiger partial charge in [0.15, 0.2) is 11.5 Å². The number of fused-ring (bicyclic) bond motifs is 3. The van der Waals surface area contributed by atoms with E-state index in [4.69, 9.17) is 21.3 Å². The highest BCUT2D eigenvalue weighted by Gasteiger charge is 2.16. The zero-order valence-corrected chi connectivity index (χ0v) is 19.6. The highest BCUT2D eigenvalue weighted by molar-refractivity contribution is 9.10. The molecule has 5 heteroatoms. The second-order valence-corrected chi connectivity index (χ2v) is 8.77. The third-order valence-electron chi connectivity index (χ3n) is 5.48. The second-order valence-electron chi connectivity index (χ2n) is 7.48. The minimum Gasteiger partial charge on any atom is -0.503 e. The van der Waals surface area contributed by atoms with Crippen molar-refractivity contribution >= 4 is 49.2 Å². The maximum Gasteiger partial charge on any atom is 0.172 e. The summed E-state index contributed by atoms with van der Waals surface area (Å²) in [4.78, 5) is 4.97. The van der Waals surface area contributed by atoms with Crippen molar-refractivity contribution in [2.45, 2.75) is 6.92 Å². The SMILES string of the molecule is CCOc1cc(-c2cc(-c3ccc(Cl)cc3)nc3ccc4ccccc4c23)cc(Br)c1O. The summed E-state index contributed by atoms with van der Waals surface area (Å²) in [5.74, 6) is 0.534. The highest BCUT2D eigenvalue weighted by Crippen LogP contribution is 2.42. The molecule has 0 aliphatic heterocycles. The van der Waals surface area contributed by atoms with Crippen molar-refractivity contribution in [1.29, 1.82) is 0 Å². The van der Waals surface area contributed by atoms with Gasteiger partial charge < -0.3 is 9.84 Å². The molecule has 0 spiro atoms. The first-order valence-electron chi connectivity index (χ1n) is 10.3. The second kappa shape index (κ2) is 8.45. The Morgan fingerprint density at radius 1 is 0.938 bits per heavy atom. The Kier molecular flexibility index (Phi) is 5.50. The molecule has 5 aromatic rings. The number of rotatable bonds is 4. The molecular weight excluding hydrogens is 486 g/mol. The molecule has 0 bridgehead atoms. The van der Waals surface area contributed by atoms with Gasteiger partial charge in [-0.1, -0.05) is 54.1 Å². The molecule has 1 aromatic heterocycles. The van der Waals surface area contributed by atoms with Crippen LogP contribution in [0.2, 0.25) is 5.02 Å². The summed E-state index contributed by atoms with van der Waals surface area (Å²) in [6.07, 6.45) is 0. The summed E-state index contributed by atoms with van der Waals surface area (Å²) >= 11 is 9.59. The van der Waals surface area contributed by atoms with E-state index < -0.39 is 0 Å². The van der Waals surface area contributed by atoms with E-state index in [9.17, 15) is 5.11 Å². The van der Waals surface area contributed by atoms with Crippen LogP contribution < -0.4 is 4.74 Å². The zero-order chi connectivity index (χ0) is 22.2. The fourth-order valence-electron chi connectivity index (χ4n) is 4.00. The fourth-order valence-corrected chi connectivity index (χ4v) is 4.57. The first-order valence-corrected chi connectivity index (χ1v) is 11.5. The number of phenolic OH excluding ortho intramolecular Hbond substituents is 1. The number of hydrogen-bond acceptors (Lipinski definition) is 3. The monoisotopic (exact) mass is 503 g/mol. The van der Waals surface area contributed by atoms with Crippen molar-refractivity contribution in [2.24, 2.45) is 0 Å². The van der Waals surface area contributed by atoms with E-state index in [1.54, 1.807) is 0 Å². The van der Waals surface area contributed by atoms with Gasteiger partial charge in [-0.3, -0.25) is 0 Å². The Hall–Kier alpha value is -3.08. The number of benzene rings is 4. The number of ether oxygens (including phenoxy) is 1. The number of aromatic hydroxyl groups is 1. The van der Waals surface area contributed by atoms with Crippen LogP contribution in [0.5, 0.6) is 11.5 Å². The lowest BCUT2D eigenvalue weighted by atomic mass is 9.94. The van der Waals surface area contributed by atoms with Gasteiger partial charge in [-0.2, -0.15) is 0 Å². The Bertz CT molecular complexity index is 1470. The van der Waals surface area contributed by atoms with Crippen LogP contribution in [0.25, 0.3) is 44.1 Å². The quantitative estimate of drug-likeness (QED) is 0.251. The summed E-state index contributed by atoms with van der Waals surface area (Å²) in [5.41, 5.74) is 4.67. The van der Waals surface area contributed by atoms with Gasteiger partial charge in [0.25, 0.3) is 0 Å². The molecule has 0 saturated heterocycles. The molecule has 1 heterocycles. The molecule has 0 aliphatic carbocycles. The van der Waals surface area contributed by atoms with Gasteiger partial charge in [-0.25, -0.2) is 4.98 Å². The molecule has 32 heavy (non-hydrogen) atoms. The minimum atomic E-state index is 0.0942. The van der Waals surface area contributed by atoms with Crippen LogP contribution in [0.15, 0.2) is 83.3 Å². The lowest BCUT2D eigenvalue weighted by Crippen LogP contribution is -1.95. The van der Waals surface area contributed by atoms with Crippen LogP contribution in [0.1, 0.15) is 6.92 Å². The van der Waals surface area contributed by atoms with Crippen LogP contribution in [-0.4, -0.2) is 16.7 Å². The van der Waals surface area contributed by atoms with Gasteiger partial charge in [0.05, 0.1) is 22.3 Å². The molecule has 0 aliphatic rings. The van der Waals surface area contributed by atoms with E-state index in [1.165, 1.54) is 0 Å². The zero-order valence-electron chi connectivity index (χ0n) is 17.3. The Balaban J connectivity index is 1.87. The van der Waals surface area contributed by atoms with Crippen molar-refractivity contribution in [3.8, 4) is 33.9 Å². The van der Waals surface area contributed by atoms with Crippen LogP contribution in [-0.2, 0) is 0 Å². The van der Waals surface area contributed by atoms with Crippen LogP contribution in [0, 0.1) is 0 Å². The Morgan fingerprint density at radius 3 is 2.50 bits per heavy atom. The van der Waals surface area contributed by atoms with Crippen molar-refractivity contribution in [3.63, 3.8) is 0 Å². The van der Waals surface area contributed by atoms with E-state index in [1.807, 2.05) is 55.5 Å². The number of nitrogens with zero attached hydrogens (tertiary/aromatic N) is 1. The number of hydrogen-bond donors (Lipinski definition) is 1. The molecule has 0 amide bonds. The van der Waals surface area contributed by atoms with Gasteiger partial charge >= 0.3 is 0 Å². The van der Waals surface area contributed by atoms with Crippen LogP contribution in [0.4, 0.5) is 0 Å². The Labute approximate surface area is 199 Å². The molecule has 0 unspecified atom stereocenters. The molecule has 1 N–H and O–H groups in total. The molecule has 158 valence electrons. The molecular formula is C27H19BrClNO2. The number of phenols is 1. The first-order chi connectivity index (χ1) is 15.5. The molecule has 4 aromatic carbocycles. The van der Waals surface area contributed by atoms with Gasteiger partial charge in [0.2, 0.25) is 0 Å². The van der Waals surface area contributed by atoms with E-state index >= 15 is 0 Å². The van der Waals surface area contributed by atoms with Gasteiger partial charge in [0, 0.05) is 16.0 Å². The fraction of sp³-hybridized carbons (Fsp3) is 0.0741.